The molecule has 1 atom stereocenters. The summed E-state index contributed by atoms with van der Waals surface area (Å²) in [6, 6.07) is 10.2. The van der Waals surface area contributed by atoms with Crippen LogP contribution in [0.25, 0.3) is 11.1 Å². The molecular formula is C19H26N2O3. The van der Waals surface area contributed by atoms with Crippen molar-refractivity contribution in [1.29, 1.82) is 0 Å². The number of nitrogens with zero attached hydrogens (tertiary/aromatic N) is 2. The molecular weight excluding hydrogens is 304 g/mol. The van der Waals surface area contributed by atoms with Gasteiger partial charge in [0.05, 0.1) is 0 Å². The maximum absolute atomic E-state index is 9.43. The number of ether oxygens (including phenoxy) is 1. The fraction of sp³-hybridized carbons (Fsp3) is 0.421. The molecule has 5 heteroatoms. The number of hydrogen-bond donors (Lipinski definition) is 2. The smallest absolute Gasteiger partial charge is 0.178 e. The van der Waals surface area contributed by atoms with E-state index in [1.165, 1.54) is 0 Å². The molecule has 2 aromatic rings. The first kappa shape index (κ1) is 18.4. The quantitative estimate of drug-likeness (QED) is 0.763. The lowest BCUT2D eigenvalue weighted by molar-refractivity contribution is -0.142. The zero-order valence-corrected chi connectivity index (χ0v) is 14.7. The highest BCUT2D eigenvalue weighted by atomic mass is 16.5. The summed E-state index contributed by atoms with van der Waals surface area (Å²) < 4.78 is 5.41. The summed E-state index contributed by atoms with van der Waals surface area (Å²) in [5.41, 5.74) is 4.36. The van der Waals surface area contributed by atoms with Gasteiger partial charge in [-0.25, -0.2) is 4.98 Å². The number of benzene rings is 1. The summed E-state index contributed by atoms with van der Waals surface area (Å²) in [4.78, 5) is 6.31. The van der Waals surface area contributed by atoms with Gasteiger partial charge >= 0.3 is 0 Å². The van der Waals surface area contributed by atoms with Gasteiger partial charge < -0.3 is 19.8 Å². The molecule has 0 fully saturated rings. The van der Waals surface area contributed by atoms with E-state index in [9.17, 15) is 10.2 Å². The Bertz CT molecular complexity index is 671. The van der Waals surface area contributed by atoms with E-state index < -0.39 is 12.4 Å². The largest absolute Gasteiger partial charge is 0.373 e. The molecule has 2 N–H and O–H groups in total. The molecule has 1 aromatic carbocycles. The molecule has 130 valence electrons. The third kappa shape index (κ3) is 4.54. The van der Waals surface area contributed by atoms with Gasteiger partial charge in [-0.1, -0.05) is 18.2 Å². The molecule has 1 aromatic heterocycles. The predicted molar refractivity (Wildman–Crippen MR) is 96.1 cm³/mol. The van der Waals surface area contributed by atoms with Crippen molar-refractivity contribution in [3.63, 3.8) is 0 Å². The van der Waals surface area contributed by atoms with Crippen molar-refractivity contribution in [3.05, 3.63) is 47.7 Å². The summed E-state index contributed by atoms with van der Waals surface area (Å²) in [7, 11) is 3.93. The fourth-order valence-corrected chi connectivity index (χ4v) is 2.63. The Hall–Kier alpha value is -1.95. The van der Waals surface area contributed by atoms with E-state index in [1.54, 1.807) is 6.20 Å². The monoisotopic (exact) mass is 330 g/mol. The average molecular weight is 330 g/mol. The summed E-state index contributed by atoms with van der Waals surface area (Å²) in [6.07, 6.45) is 0.186. The van der Waals surface area contributed by atoms with E-state index in [2.05, 4.69) is 17.1 Å². The van der Waals surface area contributed by atoms with Gasteiger partial charge in [0.15, 0.2) is 6.29 Å². The maximum atomic E-state index is 9.43. The van der Waals surface area contributed by atoms with Crippen LogP contribution in [0.2, 0.25) is 0 Å². The number of rotatable bonds is 7. The highest BCUT2D eigenvalue weighted by molar-refractivity contribution is 5.67. The topological polar surface area (TPSA) is 65.8 Å². The molecule has 5 nitrogen and oxygen atoms in total. The zero-order valence-electron chi connectivity index (χ0n) is 14.7. The van der Waals surface area contributed by atoms with E-state index in [0.29, 0.717) is 13.0 Å². The Morgan fingerprint density at radius 1 is 1.12 bits per heavy atom. The Morgan fingerprint density at radius 3 is 2.42 bits per heavy atom. The molecule has 0 spiro atoms. The van der Waals surface area contributed by atoms with Gasteiger partial charge in [-0.2, -0.15) is 0 Å². The molecule has 0 aliphatic carbocycles. The number of aryl methyl sites for hydroxylation is 1. The van der Waals surface area contributed by atoms with Crippen LogP contribution < -0.4 is 4.90 Å². The van der Waals surface area contributed by atoms with Crippen LogP contribution in [0.15, 0.2) is 36.5 Å². The average Bonchev–Trinajstić information content (AvgIpc) is 2.56. The van der Waals surface area contributed by atoms with Crippen LogP contribution in [-0.2, 0) is 11.2 Å². The van der Waals surface area contributed by atoms with Crippen LogP contribution in [0.3, 0.4) is 0 Å². The van der Waals surface area contributed by atoms with E-state index >= 15 is 0 Å². The summed E-state index contributed by atoms with van der Waals surface area (Å²) in [5, 5.41) is 18.9. The van der Waals surface area contributed by atoms with Gasteiger partial charge in [0.25, 0.3) is 0 Å². The van der Waals surface area contributed by atoms with Gasteiger partial charge in [-0.15, -0.1) is 0 Å². The lowest BCUT2D eigenvalue weighted by Gasteiger charge is -2.20. The maximum Gasteiger partial charge on any atom is 0.178 e. The summed E-state index contributed by atoms with van der Waals surface area (Å²) in [5.74, 6) is 0.911. The van der Waals surface area contributed by atoms with Crippen LogP contribution >= 0.6 is 0 Å². The molecule has 24 heavy (non-hydrogen) atoms. The second-order valence-electron chi connectivity index (χ2n) is 6.05. The molecule has 0 amide bonds. The van der Waals surface area contributed by atoms with Crippen LogP contribution in [0.4, 0.5) is 5.82 Å². The third-order valence-corrected chi connectivity index (χ3v) is 4.01. The highest BCUT2D eigenvalue weighted by Gasteiger charge is 2.18. The molecule has 0 bridgehead atoms. The van der Waals surface area contributed by atoms with Crippen molar-refractivity contribution in [2.45, 2.75) is 32.7 Å². The first-order valence-electron chi connectivity index (χ1n) is 8.13. The number of pyridine rings is 1. The SMILES string of the molecule is CCOC(Cc1ccc(-c2ccnc(N(C)C)c2)cc1C)C(O)O. The minimum Gasteiger partial charge on any atom is -0.373 e. The molecule has 0 aliphatic rings. The Balaban J connectivity index is 2.25. The molecule has 0 aliphatic heterocycles. The van der Waals surface area contributed by atoms with Crippen molar-refractivity contribution < 1.29 is 14.9 Å². The molecule has 0 saturated carbocycles. The minimum atomic E-state index is -1.48. The molecule has 1 unspecified atom stereocenters. The lowest BCUT2D eigenvalue weighted by Crippen LogP contribution is -2.31. The van der Waals surface area contributed by atoms with Crippen molar-refractivity contribution in [2.24, 2.45) is 0 Å². The van der Waals surface area contributed by atoms with E-state index in [-0.39, 0.29) is 0 Å². The standard InChI is InChI=1S/C19H26N2O3/c1-5-24-17(19(22)23)11-14-6-7-15(10-13(14)2)16-8-9-20-18(12-16)21(3)4/h6-10,12,17,19,22-23H,5,11H2,1-4H3. The van der Waals surface area contributed by atoms with Crippen molar-refractivity contribution in [1.82, 2.24) is 4.98 Å². The van der Waals surface area contributed by atoms with Gasteiger partial charge in [0.1, 0.15) is 11.9 Å². The van der Waals surface area contributed by atoms with E-state index in [0.717, 1.165) is 28.1 Å². The van der Waals surface area contributed by atoms with Crippen molar-refractivity contribution in [3.8, 4) is 11.1 Å². The number of hydrogen-bond acceptors (Lipinski definition) is 5. The van der Waals surface area contributed by atoms with Gasteiger partial charge in [-0.05, 0) is 48.2 Å². The van der Waals surface area contributed by atoms with Gasteiger partial charge in [0.2, 0.25) is 0 Å². The summed E-state index contributed by atoms with van der Waals surface area (Å²) in [6.45, 7) is 4.32. The predicted octanol–water partition coefficient (Wildman–Crippen LogP) is 2.38. The normalized spacial score (nSPS) is 12.5. The number of aromatic nitrogens is 1. The minimum absolute atomic E-state index is 0.448. The lowest BCUT2D eigenvalue weighted by atomic mass is 9.97. The molecule has 2 rings (SSSR count). The molecule has 0 radical (unpaired) electrons. The third-order valence-electron chi connectivity index (χ3n) is 4.01. The fourth-order valence-electron chi connectivity index (χ4n) is 2.63. The zero-order chi connectivity index (χ0) is 17.7. The second kappa shape index (κ2) is 8.24. The van der Waals surface area contributed by atoms with Crippen LogP contribution in [0, 0.1) is 6.92 Å². The molecule has 1 heterocycles. The number of aliphatic hydroxyl groups excluding tert-OH is 1. The highest BCUT2D eigenvalue weighted by Crippen LogP contribution is 2.25. The van der Waals surface area contributed by atoms with Gasteiger partial charge in [-0.3, -0.25) is 0 Å². The first-order chi connectivity index (χ1) is 11.4. The number of aliphatic hydroxyl groups is 2. The van der Waals surface area contributed by atoms with Crippen LogP contribution in [0.5, 0.6) is 0 Å². The van der Waals surface area contributed by atoms with E-state index in [1.807, 2.05) is 51.0 Å². The molecule has 0 saturated heterocycles. The Kier molecular flexibility index (Phi) is 6.31. The van der Waals surface area contributed by atoms with Crippen molar-refractivity contribution in [2.75, 3.05) is 25.6 Å². The van der Waals surface area contributed by atoms with Crippen molar-refractivity contribution >= 4 is 5.82 Å². The number of anilines is 1. The first-order valence-corrected chi connectivity index (χ1v) is 8.13. The van der Waals surface area contributed by atoms with Gasteiger partial charge in [0, 0.05) is 33.3 Å². The van der Waals surface area contributed by atoms with Crippen LogP contribution in [-0.4, -0.2) is 48.3 Å². The Morgan fingerprint density at radius 2 is 1.83 bits per heavy atom. The Labute approximate surface area is 143 Å². The van der Waals surface area contributed by atoms with E-state index in [4.69, 9.17) is 4.74 Å². The summed E-state index contributed by atoms with van der Waals surface area (Å²) >= 11 is 0. The van der Waals surface area contributed by atoms with Crippen LogP contribution in [0.1, 0.15) is 18.1 Å². The second-order valence-corrected chi connectivity index (χ2v) is 6.05.